The molecular formula is C16H14N2O3. The van der Waals surface area contributed by atoms with Crippen molar-refractivity contribution in [3.63, 3.8) is 0 Å². The minimum Gasteiger partial charge on any atom is -0.493 e. The van der Waals surface area contributed by atoms with Crippen molar-refractivity contribution in [2.45, 2.75) is 6.92 Å². The van der Waals surface area contributed by atoms with Crippen LogP contribution in [0.2, 0.25) is 0 Å². The second kappa shape index (κ2) is 5.66. The van der Waals surface area contributed by atoms with Crippen LogP contribution in [0.25, 0.3) is 11.0 Å². The summed E-state index contributed by atoms with van der Waals surface area (Å²) >= 11 is 0. The van der Waals surface area contributed by atoms with Crippen molar-refractivity contribution < 1.29 is 14.1 Å². The summed E-state index contributed by atoms with van der Waals surface area (Å²) in [7, 11) is 0. The smallest absolute Gasteiger partial charge is 0.260 e. The maximum atomic E-state index is 12.4. The van der Waals surface area contributed by atoms with E-state index in [1.807, 2.05) is 31.2 Å². The first-order valence-electron chi connectivity index (χ1n) is 6.67. The minimum absolute atomic E-state index is 0.280. The molecule has 5 heteroatoms. The van der Waals surface area contributed by atoms with E-state index in [0.717, 1.165) is 5.39 Å². The van der Waals surface area contributed by atoms with Crippen molar-refractivity contribution in [3.05, 3.63) is 54.1 Å². The Morgan fingerprint density at radius 1 is 1.19 bits per heavy atom. The molecule has 2 aromatic carbocycles. The maximum absolute atomic E-state index is 12.4. The molecule has 0 bridgehead atoms. The Bertz CT molecular complexity index is 780. The molecule has 5 nitrogen and oxygen atoms in total. The molecule has 0 saturated heterocycles. The van der Waals surface area contributed by atoms with Crippen molar-refractivity contribution in [2.24, 2.45) is 0 Å². The summed E-state index contributed by atoms with van der Waals surface area (Å²) in [6, 6.07) is 14.4. The summed E-state index contributed by atoms with van der Waals surface area (Å²) in [6.45, 7) is 2.37. The van der Waals surface area contributed by atoms with Crippen LogP contribution < -0.4 is 10.1 Å². The van der Waals surface area contributed by atoms with Gasteiger partial charge in [-0.25, -0.2) is 0 Å². The van der Waals surface area contributed by atoms with E-state index in [9.17, 15) is 4.79 Å². The molecule has 0 aliphatic heterocycles. The first-order chi connectivity index (χ1) is 10.3. The SMILES string of the molecule is CCOc1ccccc1C(=O)Nc1noc2ccccc12. The van der Waals surface area contributed by atoms with E-state index in [1.54, 1.807) is 24.3 Å². The number of carbonyl (C=O) groups is 1. The lowest BCUT2D eigenvalue weighted by molar-refractivity contribution is 0.102. The fourth-order valence-corrected chi connectivity index (χ4v) is 2.09. The molecule has 106 valence electrons. The Morgan fingerprint density at radius 2 is 1.95 bits per heavy atom. The van der Waals surface area contributed by atoms with Gasteiger partial charge in [0.1, 0.15) is 5.75 Å². The van der Waals surface area contributed by atoms with Gasteiger partial charge in [0.2, 0.25) is 0 Å². The number of aromatic nitrogens is 1. The van der Waals surface area contributed by atoms with Gasteiger partial charge in [0.25, 0.3) is 5.91 Å². The van der Waals surface area contributed by atoms with Gasteiger partial charge in [-0.05, 0) is 31.2 Å². The van der Waals surface area contributed by atoms with Crippen LogP contribution in [0.15, 0.2) is 53.1 Å². The highest BCUT2D eigenvalue weighted by Crippen LogP contribution is 2.24. The van der Waals surface area contributed by atoms with Crippen molar-refractivity contribution in [2.75, 3.05) is 11.9 Å². The number of ether oxygens (including phenoxy) is 1. The van der Waals surface area contributed by atoms with Crippen LogP contribution in [0, 0.1) is 0 Å². The summed E-state index contributed by atoms with van der Waals surface area (Å²) in [5.41, 5.74) is 1.09. The molecular weight excluding hydrogens is 268 g/mol. The molecule has 0 radical (unpaired) electrons. The third-order valence-electron chi connectivity index (χ3n) is 3.04. The Balaban J connectivity index is 1.90. The predicted molar refractivity (Wildman–Crippen MR) is 79.6 cm³/mol. The van der Waals surface area contributed by atoms with E-state index in [0.29, 0.717) is 29.3 Å². The molecule has 0 saturated carbocycles. The average Bonchev–Trinajstić information content (AvgIpc) is 2.91. The molecule has 1 aromatic heterocycles. The number of fused-ring (bicyclic) bond motifs is 1. The second-order valence-corrected chi connectivity index (χ2v) is 4.41. The van der Waals surface area contributed by atoms with Crippen LogP contribution in [0.1, 0.15) is 17.3 Å². The Kier molecular flexibility index (Phi) is 3.55. The normalized spacial score (nSPS) is 10.5. The summed E-state index contributed by atoms with van der Waals surface area (Å²) < 4.78 is 10.6. The van der Waals surface area contributed by atoms with Gasteiger partial charge in [0.15, 0.2) is 11.4 Å². The Labute approximate surface area is 121 Å². The molecule has 0 aliphatic carbocycles. The van der Waals surface area contributed by atoms with Gasteiger partial charge in [-0.15, -0.1) is 0 Å². The average molecular weight is 282 g/mol. The van der Waals surface area contributed by atoms with Crippen molar-refractivity contribution in [3.8, 4) is 5.75 Å². The number of amides is 1. The fraction of sp³-hybridized carbons (Fsp3) is 0.125. The molecule has 3 aromatic rings. The molecule has 0 spiro atoms. The van der Waals surface area contributed by atoms with Gasteiger partial charge >= 0.3 is 0 Å². The Hall–Kier alpha value is -2.82. The van der Waals surface area contributed by atoms with Crippen LogP contribution in [0.3, 0.4) is 0 Å². The zero-order valence-corrected chi connectivity index (χ0v) is 11.5. The van der Waals surface area contributed by atoms with E-state index in [2.05, 4.69) is 10.5 Å². The summed E-state index contributed by atoms with van der Waals surface area (Å²) in [4.78, 5) is 12.4. The van der Waals surface area contributed by atoms with Crippen molar-refractivity contribution >= 4 is 22.7 Å². The number of nitrogens with zero attached hydrogens (tertiary/aromatic N) is 1. The van der Waals surface area contributed by atoms with E-state index in [1.165, 1.54) is 0 Å². The number of nitrogens with one attached hydrogen (secondary N) is 1. The fourth-order valence-electron chi connectivity index (χ4n) is 2.09. The molecule has 3 rings (SSSR count). The topological polar surface area (TPSA) is 64.4 Å². The molecule has 0 unspecified atom stereocenters. The third-order valence-corrected chi connectivity index (χ3v) is 3.04. The highest BCUT2D eigenvalue weighted by molar-refractivity contribution is 6.08. The van der Waals surface area contributed by atoms with Crippen LogP contribution in [0.5, 0.6) is 5.75 Å². The number of anilines is 1. The number of hydrogen-bond acceptors (Lipinski definition) is 4. The maximum Gasteiger partial charge on any atom is 0.260 e. The van der Waals surface area contributed by atoms with Gasteiger partial charge in [-0.3, -0.25) is 4.79 Å². The lowest BCUT2D eigenvalue weighted by Crippen LogP contribution is -2.14. The first kappa shape index (κ1) is 13.2. The molecule has 0 aliphatic rings. The van der Waals surface area contributed by atoms with E-state index < -0.39 is 0 Å². The highest BCUT2D eigenvalue weighted by atomic mass is 16.5. The molecule has 1 N–H and O–H groups in total. The molecule has 21 heavy (non-hydrogen) atoms. The molecule has 0 fully saturated rings. The van der Waals surface area contributed by atoms with Gasteiger partial charge in [-0.2, -0.15) is 0 Å². The summed E-state index contributed by atoms with van der Waals surface area (Å²) in [5.74, 6) is 0.672. The number of hydrogen-bond donors (Lipinski definition) is 1. The second-order valence-electron chi connectivity index (χ2n) is 4.41. The lowest BCUT2D eigenvalue weighted by Gasteiger charge is -2.09. The molecule has 1 heterocycles. The van der Waals surface area contributed by atoms with Crippen LogP contribution >= 0.6 is 0 Å². The largest absolute Gasteiger partial charge is 0.493 e. The molecule has 1 amide bonds. The van der Waals surface area contributed by atoms with Gasteiger partial charge in [-0.1, -0.05) is 29.4 Å². The third kappa shape index (κ3) is 2.58. The van der Waals surface area contributed by atoms with Gasteiger partial charge < -0.3 is 14.6 Å². The van der Waals surface area contributed by atoms with Gasteiger partial charge in [0, 0.05) is 0 Å². The monoisotopic (exact) mass is 282 g/mol. The molecule has 0 atom stereocenters. The van der Waals surface area contributed by atoms with E-state index >= 15 is 0 Å². The van der Waals surface area contributed by atoms with Crippen LogP contribution in [-0.4, -0.2) is 17.7 Å². The van der Waals surface area contributed by atoms with Crippen LogP contribution in [-0.2, 0) is 0 Å². The first-order valence-corrected chi connectivity index (χ1v) is 6.67. The zero-order chi connectivity index (χ0) is 14.7. The van der Waals surface area contributed by atoms with Crippen LogP contribution in [0.4, 0.5) is 5.82 Å². The number of rotatable bonds is 4. The van der Waals surface area contributed by atoms with Gasteiger partial charge in [0.05, 0.1) is 17.6 Å². The van der Waals surface area contributed by atoms with Crippen molar-refractivity contribution in [1.82, 2.24) is 5.16 Å². The Morgan fingerprint density at radius 3 is 2.81 bits per heavy atom. The predicted octanol–water partition coefficient (Wildman–Crippen LogP) is 3.48. The van der Waals surface area contributed by atoms with E-state index in [4.69, 9.17) is 9.26 Å². The van der Waals surface area contributed by atoms with Crippen molar-refractivity contribution in [1.29, 1.82) is 0 Å². The lowest BCUT2D eigenvalue weighted by atomic mass is 10.2. The number of para-hydroxylation sites is 2. The standard InChI is InChI=1S/C16H14N2O3/c1-2-20-13-9-5-4-8-12(13)16(19)17-15-11-7-3-6-10-14(11)21-18-15/h3-10H,2H2,1H3,(H,17,18,19). The summed E-state index contributed by atoms with van der Waals surface area (Å²) in [5, 5.41) is 7.41. The number of carbonyl (C=O) groups excluding carboxylic acids is 1. The zero-order valence-electron chi connectivity index (χ0n) is 11.5. The summed E-state index contributed by atoms with van der Waals surface area (Å²) in [6.07, 6.45) is 0. The minimum atomic E-state index is -0.280. The highest BCUT2D eigenvalue weighted by Gasteiger charge is 2.15. The quantitative estimate of drug-likeness (QED) is 0.795. The van der Waals surface area contributed by atoms with E-state index in [-0.39, 0.29) is 5.91 Å². The number of benzene rings is 2.